The molecule has 0 aromatic heterocycles. The minimum atomic E-state index is 0.313. The normalized spacial score (nSPS) is 12.0. The molecule has 0 spiro atoms. The van der Waals surface area contributed by atoms with Gasteiger partial charge in [0.25, 0.3) is 0 Å². The molecule has 0 amide bonds. The molecule has 0 N–H and O–H groups in total. The highest BCUT2D eigenvalue weighted by Gasteiger charge is 2.18. The first-order chi connectivity index (χ1) is 11.7. The van der Waals surface area contributed by atoms with Crippen LogP contribution in [0.15, 0.2) is 46.9 Å². The van der Waals surface area contributed by atoms with Crippen LogP contribution in [0.1, 0.15) is 36.8 Å². The van der Waals surface area contributed by atoms with Crippen molar-refractivity contribution in [2.75, 3.05) is 20.8 Å². The van der Waals surface area contributed by atoms with Gasteiger partial charge in [0, 0.05) is 10.4 Å². The van der Waals surface area contributed by atoms with Crippen LogP contribution in [0.3, 0.4) is 0 Å². The molecule has 0 saturated heterocycles. The molecule has 2 aromatic carbocycles. The van der Waals surface area contributed by atoms with E-state index in [1.165, 1.54) is 11.1 Å². The number of hydrogen-bond donors (Lipinski definition) is 0. The summed E-state index contributed by atoms with van der Waals surface area (Å²) >= 11 is 3.67. The zero-order chi connectivity index (χ0) is 17.4. The molecule has 0 saturated carbocycles. The third kappa shape index (κ3) is 4.99. The van der Waals surface area contributed by atoms with Gasteiger partial charge in [0.05, 0.1) is 27.4 Å². The Morgan fingerprint density at radius 3 is 2.29 bits per heavy atom. The summed E-state index contributed by atoms with van der Waals surface area (Å²) in [6.45, 7) is 3.50. The van der Waals surface area contributed by atoms with Crippen LogP contribution in [0, 0.1) is 0 Å². The molecule has 0 aliphatic rings. The number of benzene rings is 2. The van der Waals surface area contributed by atoms with Gasteiger partial charge in [-0.05, 0) is 29.7 Å². The molecule has 4 heteroatoms. The fourth-order valence-corrected chi connectivity index (χ4v) is 3.40. The molecule has 1 atom stereocenters. The Kier molecular flexibility index (Phi) is 7.60. The summed E-state index contributed by atoms with van der Waals surface area (Å²) in [6.07, 6.45) is 2.16. The van der Waals surface area contributed by atoms with Gasteiger partial charge in [0.15, 0.2) is 11.5 Å². The molecular formula is C20H25BrO3. The number of methoxy groups -OCH3 is 2. The Labute approximate surface area is 153 Å². The molecule has 0 bridgehead atoms. The first kappa shape index (κ1) is 18.8. The molecule has 0 radical (unpaired) electrons. The second-order valence-electron chi connectivity index (χ2n) is 5.72. The summed E-state index contributed by atoms with van der Waals surface area (Å²) in [5, 5.41) is 0. The van der Waals surface area contributed by atoms with E-state index >= 15 is 0 Å². The summed E-state index contributed by atoms with van der Waals surface area (Å²) in [5.74, 6) is 1.79. The Hall–Kier alpha value is -1.52. The number of rotatable bonds is 9. The van der Waals surface area contributed by atoms with Crippen molar-refractivity contribution in [3.8, 4) is 11.5 Å². The van der Waals surface area contributed by atoms with Gasteiger partial charge in [-0.3, -0.25) is 0 Å². The van der Waals surface area contributed by atoms with E-state index in [0.29, 0.717) is 19.1 Å². The summed E-state index contributed by atoms with van der Waals surface area (Å²) in [5.41, 5.74) is 2.39. The van der Waals surface area contributed by atoms with Gasteiger partial charge in [0.2, 0.25) is 0 Å². The van der Waals surface area contributed by atoms with Crippen LogP contribution < -0.4 is 9.47 Å². The second kappa shape index (κ2) is 9.70. The lowest BCUT2D eigenvalue weighted by Gasteiger charge is -2.20. The molecule has 0 aliphatic heterocycles. The van der Waals surface area contributed by atoms with E-state index in [2.05, 4.69) is 41.1 Å². The monoisotopic (exact) mass is 392 g/mol. The van der Waals surface area contributed by atoms with E-state index in [9.17, 15) is 0 Å². The first-order valence-corrected chi connectivity index (χ1v) is 9.02. The van der Waals surface area contributed by atoms with Crippen molar-refractivity contribution in [3.63, 3.8) is 0 Å². The Morgan fingerprint density at radius 2 is 1.67 bits per heavy atom. The quantitative estimate of drug-likeness (QED) is 0.558. The molecule has 0 aliphatic carbocycles. The van der Waals surface area contributed by atoms with Crippen molar-refractivity contribution in [1.82, 2.24) is 0 Å². The van der Waals surface area contributed by atoms with Crippen LogP contribution >= 0.6 is 15.9 Å². The summed E-state index contributed by atoms with van der Waals surface area (Å²) in [4.78, 5) is 0. The molecule has 2 aromatic rings. The maximum atomic E-state index is 5.98. The van der Waals surface area contributed by atoms with Crippen molar-refractivity contribution in [1.29, 1.82) is 0 Å². The lowest BCUT2D eigenvalue weighted by atomic mass is 9.95. The van der Waals surface area contributed by atoms with Crippen molar-refractivity contribution in [2.24, 2.45) is 0 Å². The van der Waals surface area contributed by atoms with E-state index in [4.69, 9.17) is 14.2 Å². The highest BCUT2D eigenvalue weighted by Crippen LogP contribution is 2.38. The summed E-state index contributed by atoms with van der Waals surface area (Å²) in [6, 6.07) is 14.3. The van der Waals surface area contributed by atoms with E-state index in [-0.39, 0.29) is 0 Å². The largest absolute Gasteiger partial charge is 0.493 e. The van der Waals surface area contributed by atoms with Gasteiger partial charge in [-0.15, -0.1) is 0 Å². The molecule has 3 nitrogen and oxygen atoms in total. The van der Waals surface area contributed by atoms with E-state index in [1.807, 2.05) is 24.3 Å². The van der Waals surface area contributed by atoms with Crippen LogP contribution in [0.4, 0.5) is 0 Å². The van der Waals surface area contributed by atoms with Gasteiger partial charge in [-0.2, -0.15) is 0 Å². The van der Waals surface area contributed by atoms with Crippen LogP contribution in [0.2, 0.25) is 0 Å². The summed E-state index contributed by atoms with van der Waals surface area (Å²) < 4.78 is 17.8. The van der Waals surface area contributed by atoms with Gasteiger partial charge in [-0.25, -0.2) is 0 Å². The van der Waals surface area contributed by atoms with Crippen LogP contribution in [-0.4, -0.2) is 20.8 Å². The SMILES string of the molecule is CCCC(COCc1ccccc1)c1cc(OC)c(OC)cc1Br. The maximum Gasteiger partial charge on any atom is 0.161 e. The van der Waals surface area contributed by atoms with Crippen molar-refractivity contribution in [2.45, 2.75) is 32.3 Å². The zero-order valence-electron chi connectivity index (χ0n) is 14.5. The van der Waals surface area contributed by atoms with Crippen LogP contribution in [0.5, 0.6) is 11.5 Å². The Bertz CT molecular complexity index is 628. The average molecular weight is 393 g/mol. The predicted molar refractivity (Wildman–Crippen MR) is 101 cm³/mol. The maximum absolute atomic E-state index is 5.98. The number of hydrogen-bond acceptors (Lipinski definition) is 3. The van der Waals surface area contributed by atoms with Crippen molar-refractivity contribution < 1.29 is 14.2 Å². The van der Waals surface area contributed by atoms with E-state index in [0.717, 1.165) is 28.8 Å². The van der Waals surface area contributed by atoms with Gasteiger partial charge >= 0.3 is 0 Å². The molecule has 130 valence electrons. The fraction of sp³-hybridized carbons (Fsp3) is 0.400. The fourth-order valence-electron chi connectivity index (χ4n) is 2.75. The molecular weight excluding hydrogens is 368 g/mol. The number of ether oxygens (including phenoxy) is 3. The second-order valence-corrected chi connectivity index (χ2v) is 6.57. The molecule has 2 rings (SSSR count). The topological polar surface area (TPSA) is 27.7 Å². The zero-order valence-corrected chi connectivity index (χ0v) is 16.1. The number of halogens is 1. The van der Waals surface area contributed by atoms with Crippen LogP contribution in [0.25, 0.3) is 0 Å². The first-order valence-electron chi connectivity index (χ1n) is 8.22. The predicted octanol–water partition coefficient (Wildman–Crippen LogP) is 5.57. The van der Waals surface area contributed by atoms with Crippen LogP contribution in [-0.2, 0) is 11.3 Å². The lowest BCUT2D eigenvalue weighted by molar-refractivity contribution is 0.104. The van der Waals surface area contributed by atoms with E-state index < -0.39 is 0 Å². The van der Waals surface area contributed by atoms with Gasteiger partial charge in [0.1, 0.15) is 0 Å². The average Bonchev–Trinajstić information content (AvgIpc) is 2.61. The third-order valence-electron chi connectivity index (χ3n) is 4.01. The molecule has 24 heavy (non-hydrogen) atoms. The van der Waals surface area contributed by atoms with Crippen molar-refractivity contribution >= 4 is 15.9 Å². The summed E-state index contributed by atoms with van der Waals surface area (Å²) in [7, 11) is 3.31. The lowest BCUT2D eigenvalue weighted by Crippen LogP contribution is -2.09. The Balaban J connectivity index is 2.11. The van der Waals surface area contributed by atoms with Gasteiger partial charge in [-0.1, -0.05) is 59.6 Å². The highest BCUT2D eigenvalue weighted by molar-refractivity contribution is 9.10. The van der Waals surface area contributed by atoms with E-state index in [1.54, 1.807) is 14.2 Å². The Morgan fingerprint density at radius 1 is 1.00 bits per heavy atom. The standard InChI is InChI=1S/C20H25BrO3/c1-4-8-16(14-24-13-15-9-6-5-7-10-15)17-11-19(22-2)20(23-3)12-18(17)21/h5-7,9-12,16H,4,8,13-14H2,1-3H3. The molecule has 0 fully saturated rings. The minimum Gasteiger partial charge on any atom is -0.493 e. The smallest absolute Gasteiger partial charge is 0.161 e. The van der Waals surface area contributed by atoms with Gasteiger partial charge < -0.3 is 14.2 Å². The third-order valence-corrected chi connectivity index (χ3v) is 4.70. The van der Waals surface area contributed by atoms with Crippen molar-refractivity contribution in [3.05, 3.63) is 58.1 Å². The highest BCUT2D eigenvalue weighted by atomic mass is 79.9. The molecule has 1 unspecified atom stereocenters. The minimum absolute atomic E-state index is 0.313. The molecule has 0 heterocycles.